The van der Waals surface area contributed by atoms with Crippen molar-refractivity contribution in [3.63, 3.8) is 0 Å². The van der Waals surface area contributed by atoms with E-state index in [1.165, 1.54) is 5.56 Å². The molecule has 156 valence electrons. The van der Waals surface area contributed by atoms with Crippen molar-refractivity contribution in [1.82, 2.24) is 9.88 Å². The van der Waals surface area contributed by atoms with Gasteiger partial charge in [-0.1, -0.05) is 29.8 Å². The van der Waals surface area contributed by atoms with Crippen molar-refractivity contribution in [3.05, 3.63) is 65.3 Å². The predicted octanol–water partition coefficient (Wildman–Crippen LogP) is 4.10. The molecule has 2 aliphatic heterocycles. The monoisotopic (exact) mass is 424 g/mol. The molecule has 0 saturated carbocycles. The first-order chi connectivity index (χ1) is 14.6. The number of aromatic nitrogens is 1. The van der Waals surface area contributed by atoms with Crippen molar-refractivity contribution in [2.24, 2.45) is 0 Å². The SMILES string of the molecule is OC(COc1cccc2cccnc12)CN1CCC2(CC1)Cc1cc(Cl)ccc1O2. The Kier molecular flexibility index (Phi) is 5.27. The summed E-state index contributed by atoms with van der Waals surface area (Å²) in [6, 6.07) is 15.6. The number of nitrogens with zero attached hydrogens (tertiary/aromatic N) is 2. The Morgan fingerprint density at radius 3 is 2.87 bits per heavy atom. The third kappa shape index (κ3) is 3.97. The Morgan fingerprint density at radius 1 is 1.17 bits per heavy atom. The standard InChI is InChI=1S/C24H25ClN2O3/c25-19-6-7-21-18(13-19)14-24(30-21)8-11-27(12-9-24)15-20(28)16-29-22-5-1-3-17-4-2-10-26-23(17)22/h1-7,10,13,20,28H,8-9,11-12,14-16H2. The lowest BCUT2D eigenvalue weighted by atomic mass is 9.87. The van der Waals surface area contributed by atoms with Crippen LogP contribution in [0.25, 0.3) is 10.9 Å². The lowest BCUT2D eigenvalue weighted by Crippen LogP contribution is -2.49. The highest BCUT2D eigenvalue weighted by Gasteiger charge is 2.42. The van der Waals surface area contributed by atoms with Crippen LogP contribution in [0.3, 0.4) is 0 Å². The number of hydrogen-bond donors (Lipinski definition) is 1. The summed E-state index contributed by atoms with van der Waals surface area (Å²) >= 11 is 6.13. The summed E-state index contributed by atoms with van der Waals surface area (Å²) in [5.41, 5.74) is 1.90. The number of likely N-dealkylation sites (tertiary alicyclic amines) is 1. The number of benzene rings is 2. The molecule has 5 rings (SSSR count). The second-order valence-corrected chi connectivity index (χ2v) is 8.75. The van der Waals surface area contributed by atoms with Gasteiger partial charge in [0.25, 0.3) is 0 Å². The van der Waals surface area contributed by atoms with Crippen molar-refractivity contribution < 1.29 is 14.6 Å². The molecule has 0 radical (unpaired) electrons. The number of fused-ring (bicyclic) bond motifs is 2. The van der Waals surface area contributed by atoms with E-state index in [9.17, 15) is 5.11 Å². The predicted molar refractivity (Wildman–Crippen MR) is 117 cm³/mol. The van der Waals surface area contributed by atoms with Gasteiger partial charge in [0.15, 0.2) is 0 Å². The van der Waals surface area contributed by atoms with Crippen LogP contribution in [0.1, 0.15) is 18.4 Å². The molecule has 5 nitrogen and oxygen atoms in total. The Hall–Kier alpha value is -2.34. The maximum atomic E-state index is 10.5. The van der Waals surface area contributed by atoms with Gasteiger partial charge in [0.1, 0.15) is 35.3 Å². The zero-order valence-electron chi connectivity index (χ0n) is 16.8. The van der Waals surface area contributed by atoms with E-state index in [1.807, 2.05) is 48.5 Å². The van der Waals surface area contributed by atoms with Crippen LogP contribution in [0.2, 0.25) is 5.02 Å². The molecule has 0 bridgehead atoms. The van der Waals surface area contributed by atoms with Crippen LogP contribution >= 0.6 is 11.6 Å². The third-order valence-corrected chi connectivity index (χ3v) is 6.36. The van der Waals surface area contributed by atoms with E-state index in [4.69, 9.17) is 21.1 Å². The lowest BCUT2D eigenvalue weighted by molar-refractivity contribution is -0.00187. The third-order valence-electron chi connectivity index (χ3n) is 6.12. The Balaban J connectivity index is 1.13. The number of aliphatic hydroxyl groups is 1. The largest absolute Gasteiger partial charge is 0.489 e. The fourth-order valence-corrected chi connectivity index (χ4v) is 4.75. The Bertz CT molecular complexity index is 1040. The van der Waals surface area contributed by atoms with E-state index in [2.05, 4.69) is 9.88 Å². The van der Waals surface area contributed by atoms with Gasteiger partial charge < -0.3 is 19.5 Å². The fourth-order valence-electron chi connectivity index (χ4n) is 4.55. The van der Waals surface area contributed by atoms with E-state index < -0.39 is 6.10 Å². The van der Waals surface area contributed by atoms with Crippen LogP contribution in [0.15, 0.2) is 54.7 Å². The summed E-state index contributed by atoms with van der Waals surface area (Å²) in [5.74, 6) is 1.67. The zero-order valence-corrected chi connectivity index (χ0v) is 17.5. The molecule has 1 saturated heterocycles. The highest BCUT2D eigenvalue weighted by Crippen LogP contribution is 2.41. The number of para-hydroxylation sites is 1. The molecular formula is C24H25ClN2O3. The Morgan fingerprint density at radius 2 is 2.00 bits per heavy atom. The van der Waals surface area contributed by atoms with Gasteiger partial charge in [0.05, 0.1) is 0 Å². The minimum Gasteiger partial charge on any atom is -0.489 e. The van der Waals surface area contributed by atoms with Gasteiger partial charge in [-0.05, 0) is 35.9 Å². The normalized spacial score (nSPS) is 18.9. The fraction of sp³-hybridized carbons (Fsp3) is 0.375. The molecule has 0 amide bonds. The van der Waals surface area contributed by atoms with E-state index in [0.29, 0.717) is 12.3 Å². The number of hydrogen-bond acceptors (Lipinski definition) is 5. The second kappa shape index (κ2) is 8.06. The summed E-state index contributed by atoms with van der Waals surface area (Å²) in [7, 11) is 0. The van der Waals surface area contributed by atoms with Crippen LogP contribution in [0, 0.1) is 0 Å². The quantitative estimate of drug-likeness (QED) is 0.668. The first-order valence-corrected chi connectivity index (χ1v) is 10.8. The van der Waals surface area contributed by atoms with Gasteiger partial charge in [0.2, 0.25) is 0 Å². The zero-order chi connectivity index (χ0) is 20.6. The number of pyridine rings is 1. The maximum Gasteiger partial charge on any atom is 0.145 e. The smallest absolute Gasteiger partial charge is 0.145 e. The average molecular weight is 425 g/mol. The van der Waals surface area contributed by atoms with Gasteiger partial charge in [0, 0.05) is 55.5 Å². The highest BCUT2D eigenvalue weighted by molar-refractivity contribution is 6.30. The summed E-state index contributed by atoms with van der Waals surface area (Å²) in [6.45, 7) is 2.63. The molecule has 1 atom stereocenters. The van der Waals surface area contributed by atoms with Gasteiger partial charge in [-0.25, -0.2) is 0 Å². The minimum absolute atomic E-state index is 0.125. The number of β-amino-alcohol motifs (C(OH)–C–C–N with tert-alkyl or cyclic N) is 1. The van der Waals surface area contributed by atoms with E-state index in [1.54, 1.807) is 6.20 Å². The molecule has 1 aromatic heterocycles. The molecule has 1 fully saturated rings. The summed E-state index contributed by atoms with van der Waals surface area (Å²) in [5, 5.41) is 12.3. The number of piperidine rings is 1. The van der Waals surface area contributed by atoms with Crippen LogP contribution in [-0.4, -0.2) is 52.9 Å². The summed E-state index contributed by atoms with van der Waals surface area (Å²) < 4.78 is 12.2. The molecule has 3 heterocycles. The first-order valence-electron chi connectivity index (χ1n) is 10.4. The first kappa shape index (κ1) is 19.6. The van der Waals surface area contributed by atoms with Crippen molar-refractivity contribution in [1.29, 1.82) is 0 Å². The van der Waals surface area contributed by atoms with Crippen LogP contribution in [0.5, 0.6) is 11.5 Å². The number of rotatable bonds is 5. The van der Waals surface area contributed by atoms with Crippen molar-refractivity contribution >= 4 is 22.5 Å². The average Bonchev–Trinajstić information content (AvgIpc) is 3.11. The Labute approximate surface area is 181 Å². The summed E-state index contributed by atoms with van der Waals surface area (Å²) in [6.07, 6.45) is 4.00. The topological polar surface area (TPSA) is 54.8 Å². The van der Waals surface area contributed by atoms with E-state index >= 15 is 0 Å². The van der Waals surface area contributed by atoms with Crippen molar-refractivity contribution in [2.45, 2.75) is 31.0 Å². The molecule has 2 aliphatic rings. The molecule has 6 heteroatoms. The van der Waals surface area contributed by atoms with Crippen LogP contribution < -0.4 is 9.47 Å². The van der Waals surface area contributed by atoms with Crippen LogP contribution in [0.4, 0.5) is 0 Å². The van der Waals surface area contributed by atoms with Crippen LogP contribution in [-0.2, 0) is 6.42 Å². The lowest BCUT2D eigenvalue weighted by Gasteiger charge is -2.39. The van der Waals surface area contributed by atoms with Crippen molar-refractivity contribution in [2.75, 3.05) is 26.2 Å². The minimum atomic E-state index is -0.557. The molecule has 30 heavy (non-hydrogen) atoms. The molecule has 1 unspecified atom stereocenters. The second-order valence-electron chi connectivity index (χ2n) is 8.31. The van der Waals surface area contributed by atoms with Gasteiger partial charge >= 0.3 is 0 Å². The molecular weight excluding hydrogens is 400 g/mol. The van der Waals surface area contributed by atoms with Gasteiger partial charge in [-0.2, -0.15) is 0 Å². The molecule has 0 aliphatic carbocycles. The number of aliphatic hydroxyl groups excluding tert-OH is 1. The maximum absolute atomic E-state index is 10.5. The molecule has 1 spiro atoms. The number of halogens is 1. The highest BCUT2D eigenvalue weighted by atomic mass is 35.5. The van der Waals surface area contributed by atoms with E-state index in [-0.39, 0.29) is 12.2 Å². The van der Waals surface area contributed by atoms with Gasteiger partial charge in [-0.3, -0.25) is 4.98 Å². The number of ether oxygens (including phenoxy) is 2. The summed E-state index contributed by atoms with van der Waals surface area (Å²) in [4.78, 5) is 6.69. The van der Waals surface area contributed by atoms with Crippen molar-refractivity contribution in [3.8, 4) is 11.5 Å². The molecule has 3 aromatic rings. The van der Waals surface area contributed by atoms with Gasteiger partial charge in [-0.15, -0.1) is 0 Å². The molecule has 2 aromatic carbocycles. The molecule has 1 N–H and O–H groups in total. The van der Waals surface area contributed by atoms with E-state index in [0.717, 1.165) is 54.0 Å².